The van der Waals surface area contributed by atoms with E-state index < -0.39 is 152 Å². The highest BCUT2D eigenvalue weighted by Gasteiger charge is 2.44. The van der Waals surface area contributed by atoms with Gasteiger partial charge >= 0.3 is 0 Å². The quantitative estimate of drug-likeness (QED) is 0.0254. The number of aromatic hydroxyl groups is 1. The first-order valence-corrected chi connectivity index (χ1v) is 26.8. The molecule has 11 amide bonds. The van der Waals surface area contributed by atoms with Crippen LogP contribution in [0.1, 0.15) is 56.1 Å². The summed E-state index contributed by atoms with van der Waals surface area (Å²) in [6.07, 6.45) is -1.99. The number of aliphatic hydroxyl groups is 1. The van der Waals surface area contributed by atoms with E-state index in [0.717, 1.165) is 21.6 Å². The fraction of sp³-hybridized carbons (Fsp3) is 0.489. The number of amides is 11. The van der Waals surface area contributed by atoms with Crippen LogP contribution in [0.2, 0.25) is 0 Å². The molecule has 2 aliphatic rings. The summed E-state index contributed by atoms with van der Waals surface area (Å²) in [4.78, 5) is 154. The average molecular weight is 1110 g/mol. The van der Waals surface area contributed by atoms with Crippen LogP contribution < -0.4 is 71.6 Å². The topological polar surface area (TPSA) is 484 Å². The number of aliphatic hydroxyl groups excluding tert-OH is 1. The number of likely N-dealkylation sites (tertiary alicyclic amines) is 1. The Morgan fingerprint density at radius 3 is 2.08 bits per heavy atom. The maximum Gasteiger partial charge on any atom is 0.249 e. The molecule has 0 spiro atoms. The lowest BCUT2D eigenvalue weighted by atomic mass is 9.88. The molecule has 30 heteroatoms. The number of aliphatic imine (C=N–C) groups is 1. The zero-order chi connectivity index (χ0) is 56.8. The van der Waals surface area contributed by atoms with Crippen molar-refractivity contribution in [3.05, 3.63) is 65.7 Å². The Morgan fingerprint density at radius 2 is 1.44 bits per heavy atom. The SMILES string of the molecule is NC(=O)CC[C@@H]1NC(=O)[C@](CO)(Cc2ccccc2)NC(=O)[C@H](Cc2ccc(O)cc2)NC(=O)[C@@H](N)CSSC[C@@H](C(=O)N2CCC[C@H]2C(=O)N[C@@H](CCCN=C(N)N)C(=O)NCC(N)=O)NC(=O)[C@H](CC(N)=O)NC1=O. The molecule has 2 aromatic rings. The van der Waals surface area contributed by atoms with Crippen LogP contribution >= 0.6 is 21.6 Å². The number of hydrogen-bond donors (Lipinski definition) is 15. The second-order valence-electron chi connectivity index (χ2n) is 18.2. The third kappa shape index (κ3) is 19.7. The zero-order valence-electron chi connectivity index (χ0n) is 41.9. The van der Waals surface area contributed by atoms with Gasteiger partial charge in [-0.2, -0.15) is 0 Å². The number of phenolic OH excluding ortho intramolecular Hbond substituents is 1. The van der Waals surface area contributed by atoms with Gasteiger partial charge in [0.1, 0.15) is 47.5 Å². The molecule has 28 nitrogen and oxygen atoms in total. The number of hydrogen-bond acceptors (Lipinski definition) is 17. The Morgan fingerprint density at radius 1 is 0.779 bits per heavy atom. The van der Waals surface area contributed by atoms with Gasteiger partial charge in [0.15, 0.2) is 5.96 Å². The molecule has 420 valence electrons. The normalized spacial score (nSPS) is 23.3. The van der Waals surface area contributed by atoms with E-state index >= 15 is 0 Å². The molecule has 0 aliphatic carbocycles. The van der Waals surface area contributed by atoms with Crippen LogP contribution in [0.25, 0.3) is 0 Å². The van der Waals surface area contributed by atoms with Crippen molar-refractivity contribution in [3.8, 4) is 5.75 Å². The van der Waals surface area contributed by atoms with Crippen LogP contribution in [0.15, 0.2) is 59.6 Å². The van der Waals surface area contributed by atoms with Gasteiger partial charge in [0, 0.05) is 43.9 Å². The maximum atomic E-state index is 14.7. The lowest BCUT2D eigenvalue weighted by Gasteiger charge is -2.35. The van der Waals surface area contributed by atoms with E-state index in [1.54, 1.807) is 30.3 Å². The molecule has 2 aliphatic heterocycles. The van der Waals surface area contributed by atoms with Gasteiger partial charge in [0.05, 0.1) is 25.6 Å². The van der Waals surface area contributed by atoms with E-state index in [-0.39, 0.29) is 68.4 Å². The standard InChI is InChI=1S/C47H67N15O13S2/c48-28-22-76-77-23-33(44(74)62-17-5-9-34(62)43(73)56-29(8-4-16-54-46(52)53)39(69)55-21-37(51)67)59-41(71)32(19-36(50)66)58-40(70)30(14-15-35(49)65)60-45(75)47(24-63,20-26-6-2-1-3-7-26)61-42(72)31(57-38(28)68)18-25-10-12-27(64)13-11-25/h1-3,6-7,10-13,28-34,63-64H,4-5,8-9,14-24,48H2,(H2,49,65)(H2,50,66)(H2,51,67)(H,55,69)(H,56,73)(H,57,68)(H,58,70)(H,59,71)(H,60,75)(H,61,72)(H4,52,53,54)/t28-,29-,30-,31-,32-,33-,34-,47+/m0/s1. The molecule has 2 saturated heterocycles. The number of nitrogens with one attached hydrogen (secondary N) is 7. The zero-order valence-corrected chi connectivity index (χ0v) is 43.5. The largest absolute Gasteiger partial charge is 0.508 e. The number of carbonyl (C=O) groups is 11. The van der Waals surface area contributed by atoms with E-state index in [4.69, 9.17) is 34.4 Å². The van der Waals surface area contributed by atoms with Crippen LogP contribution in [0.5, 0.6) is 5.75 Å². The van der Waals surface area contributed by atoms with Crippen molar-refractivity contribution in [2.45, 2.75) is 106 Å². The summed E-state index contributed by atoms with van der Waals surface area (Å²) in [6, 6.07) is 3.30. The number of nitrogens with two attached hydrogens (primary N) is 6. The maximum absolute atomic E-state index is 14.7. The minimum atomic E-state index is -2.31. The van der Waals surface area contributed by atoms with Crippen molar-refractivity contribution in [1.82, 2.24) is 42.1 Å². The van der Waals surface area contributed by atoms with Crippen molar-refractivity contribution >= 4 is 92.5 Å². The molecule has 0 radical (unpaired) electrons. The molecule has 0 saturated carbocycles. The summed E-state index contributed by atoms with van der Waals surface area (Å²) < 4.78 is 0. The van der Waals surface area contributed by atoms with Crippen LogP contribution in [0.4, 0.5) is 0 Å². The van der Waals surface area contributed by atoms with E-state index in [1.165, 1.54) is 29.2 Å². The predicted octanol–water partition coefficient (Wildman–Crippen LogP) is -6.04. The second kappa shape index (κ2) is 30.1. The minimum Gasteiger partial charge on any atom is -0.508 e. The summed E-state index contributed by atoms with van der Waals surface area (Å²) >= 11 is 0. The molecule has 0 unspecified atom stereocenters. The number of nitrogens with zero attached hydrogens (tertiary/aromatic N) is 2. The molecule has 0 aromatic heterocycles. The first-order valence-electron chi connectivity index (χ1n) is 24.3. The van der Waals surface area contributed by atoms with E-state index in [2.05, 4.69) is 42.2 Å². The first kappa shape index (κ1) is 61.8. The fourth-order valence-electron chi connectivity index (χ4n) is 8.11. The van der Waals surface area contributed by atoms with Gasteiger partial charge in [0.2, 0.25) is 65.0 Å². The molecule has 77 heavy (non-hydrogen) atoms. The number of carbonyl (C=O) groups excluding carboxylic acids is 11. The summed E-state index contributed by atoms with van der Waals surface area (Å²) in [5, 5.41) is 38.5. The van der Waals surface area contributed by atoms with Crippen LogP contribution in [-0.4, -0.2) is 172 Å². The highest BCUT2D eigenvalue weighted by Crippen LogP contribution is 2.26. The van der Waals surface area contributed by atoms with Gasteiger partial charge in [-0.3, -0.25) is 57.7 Å². The van der Waals surface area contributed by atoms with Gasteiger partial charge in [-0.25, -0.2) is 0 Å². The van der Waals surface area contributed by atoms with Gasteiger partial charge in [-0.05, 0) is 55.4 Å². The van der Waals surface area contributed by atoms with Crippen molar-refractivity contribution < 1.29 is 63.0 Å². The second-order valence-corrected chi connectivity index (χ2v) is 20.8. The Balaban J connectivity index is 1.75. The number of phenols is 1. The molecule has 21 N–H and O–H groups in total. The van der Waals surface area contributed by atoms with Crippen molar-refractivity contribution in [2.24, 2.45) is 39.4 Å². The van der Waals surface area contributed by atoms with E-state index in [9.17, 15) is 63.0 Å². The van der Waals surface area contributed by atoms with Gasteiger partial charge in [-0.15, -0.1) is 0 Å². The van der Waals surface area contributed by atoms with E-state index in [1.807, 2.05) is 0 Å². The first-order chi connectivity index (χ1) is 36.5. The van der Waals surface area contributed by atoms with Gasteiger partial charge in [0.25, 0.3) is 0 Å². The highest BCUT2D eigenvalue weighted by atomic mass is 33.1. The molecule has 2 fully saturated rings. The Hall–Kier alpha value is -7.70. The number of guanidine groups is 1. The Bertz CT molecular complexity index is 2490. The lowest BCUT2D eigenvalue weighted by molar-refractivity contribution is -0.142. The highest BCUT2D eigenvalue weighted by molar-refractivity contribution is 8.76. The molecule has 8 atom stereocenters. The molecule has 4 rings (SSSR count). The average Bonchev–Trinajstić information content (AvgIpc) is 3.88. The van der Waals surface area contributed by atoms with Gasteiger partial charge in [-0.1, -0.05) is 64.1 Å². The fourth-order valence-corrected chi connectivity index (χ4v) is 10.4. The molecular weight excluding hydrogens is 1050 g/mol. The number of benzene rings is 2. The summed E-state index contributed by atoms with van der Waals surface area (Å²) in [6.45, 7) is -1.59. The third-order valence-corrected chi connectivity index (χ3v) is 14.6. The van der Waals surface area contributed by atoms with Gasteiger partial charge < -0.3 is 86.7 Å². The molecule has 2 heterocycles. The smallest absolute Gasteiger partial charge is 0.249 e. The summed E-state index contributed by atoms with van der Waals surface area (Å²) in [5.41, 5.74) is 31.9. The monoisotopic (exact) mass is 1110 g/mol. The summed E-state index contributed by atoms with van der Waals surface area (Å²) in [5.74, 6) is -11.3. The molecule has 2 aromatic carbocycles. The number of primary amides is 3. The van der Waals surface area contributed by atoms with Crippen LogP contribution in [-0.2, 0) is 65.6 Å². The van der Waals surface area contributed by atoms with Crippen molar-refractivity contribution in [3.63, 3.8) is 0 Å². The number of rotatable bonds is 20. The lowest BCUT2D eigenvalue weighted by Crippen LogP contribution is -2.68. The minimum absolute atomic E-state index is 0.0111. The van der Waals surface area contributed by atoms with Crippen molar-refractivity contribution in [2.75, 3.05) is 37.7 Å². The van der Waals surface area contributed by atoms with E-state index in [0.29, 0.717) is 11.1 Å². The van der Waals surface area contributed by atoms with Crippen molar-refractivity contribution in [1.29, 1.82) is 0 Å². The third-order valence-electron chi connectivity index (χ3n) is 12.1. The van der Waals surface area contributed by atoms with Crippen LogP contribution in [0.3, 0.4) is 0 Å². The molecule has 0 bridgehead atoms. The molecular formula is C47H67N15O13S2. The predicted molar refractivity (Wildman–Crippen MR) is 282 cm³/mol. The van der Waals surface area contributed by atoms with Crippen LogP contribution in [0, 0.1) is 0 Å². The Labute approximate surface area is 450 Å². The summed E-state index contributed by atoms with van der Waals surface area (Å²) in [7, 11) is 1.94. The Kier molecular flexibility index (Phi) is 24.2.